The summed E-state index contributed by atoms with van der Waals surface area (Å²) in [6, 6.07) is 16.0. The Labute approximate surface area is 158 Å². The van der Waals surface area contributed by atoms with Crippen LogP contribution in [0.5, 0.6) is 0 Å². The number of imidazole rings is 1. The average molecular weight is 375 g/mol. The number of benzene rings is 2. The molecule has 0 amide bonds. The fraction of sp³-hybridized carbons (Fsp3) is 0. The third-order valence-electron chi connectivity index (χ3n) is 4.51. The van der Waals surface area contributed by atoms with E-state index in [9.17, 15) is 4.39 Å². The molecular weight excluding hydrogens is 363 g/mol. The molecule has 3 heterocycles. The molecule has 3 aromatic heterocycles. The van der Waals surface area contributed by atoms with Gasteiger partial charge in [-0.05, 0) is 36.4 Å². The molecule has 130 valence electrons. The number of rotatable bonds is 2. The van der Waals surface area contributed by atoms with Gasteiger partial charge in [0, 0.05) is 22.2 Å². The lowest BCUT2D eigenvalue weighted by Gasteiger charge is -2.12. The van der Waals surface area contributed by atoms with Crippen molar-refractivity contribution in [2.24, 2.45) is 0 Å². The molecule has 0 N–H and O–H groups in total. The van der Waals surface area contributed by atoms with E-state index in [4.69, 9.17) is 11.6 Å². The zero-order valence-corrected chi connectivity index (χ0v) is 14.7. The lowest BCUT2D eigenvalue weighted by molar-refractivity contribution is 0.631. The van der Waals surface area contributed by atoms with Crippen LogP contribution >= 0.6 is 11.6 Å². The van der Waals surface area contributed by atoms with E-state index in [0.717, 1.165) is 27.6 Å². The topological polar surface area (TPSA) is 43.6 Å². The van der Waals surface area contributed by atoms with Gasteiger partial charge in [0.2, 0.25) is 0 Å². The molecule has 0 fully saturated rings. The van der Waals surface area contributed by atoms with E-state index in [1.165, 1.54) is 12.1 Å². The van der Waals surface area contributed by atoms with Crippen LogP contribution in [0.15, 0.2) is 73.3 Å². The average Bonchev–Trinajstić information content (AvgIpc) is 3.13. The Kier molecular flexibility index (Phi) is 3.62. The van der Waals surface area contributed by atoms with Crippen LogP contribution in [0.1, 0.15) is 0 Å². The van der Waals surface area contributed by atoms with E-state index in [0.29, 0.717) is 16.3 Å². The van der Waals surface area contributed by atoms with E-state index in [2.05, 4.69) is 15.0 Å². The van der Waals surface area contributed by atoms with Gasteiger partial charge in [0.05, 0.1) is 28.6 Å². The molecule has 0 spiro atoms. The predicted octanol–water partition coefficient (Wildman–Crippen LogP) is 5.43. The normalized spacial score (nSPS) is 11.3. The number of para-hydroxylation sites is 1. The van der Waals surface area contributed by atoms with Gasteiger partial charge in [-0.1, -0.05) is 29.8 Å². The summed E-state index contributed by atoms with van der Waals surface area (Å²) in [7, 11) is 0. The lowest BCUT2D eigenvalue weighted by atomic mass is 10.1. The van der Waals surface area contributed by atoms with Gasteiger partial charge >= 0.3 is 0 Å². The molecule has 5 rings (SSSR count). The Morgan fingerprint density at radius 1 is 0.963 bits per heavy atom. The van der Waals surface area contributed by atoms with Crippen molar-refractivity contribution in [2.45, 2.75) is 0 Å². The van der Waals surface area contributed by atoms with Gasteiger partial charge < -0.3 is 0 Å². The van der Waals surface area contributed by atoms with Crippen molar-refractivity contribution in [3.63, 3.8) is 0 Å². The van der Waals surface area contributed by atoms with E-state index in [-0.39, 0.29) is 5.82 Å². The second-order valence-corrected chi connectivity index (χ2v) is 6.58. The Bertz CT molecular complexity index is 1310. The molecule has 0 saturated carbocycles. The van der Waals surface area contributed by atoms with Crippen molar-refractivity contribution in [3.8, 4) is 16.9 Å². The first kappa shape index (κ1) is 15.9. The highest BCUT2D eigenvalue weighted by Gasteiger charge is 2.14. The summed E-state index contributed by atoms with van der Waals surface area (Å²) >= 11 is 6.09. The summed E-state index contributed by atoms with van der Waals surface area (Å²) in [5, 5.41) is 1.40. The van der Waals surface area contributed by atoms with Gasteiger partial charge in [0.1, 0.15) is 17.7 Å². The van der Waals surface area contributed by atoms with Crippen LogP contribution in [0.3, 0.4) is 0 Å². The second kappa shape index (κ2) is 6.14. The first-order valence-electron chi connectivity index (χ1n) is 8.33. The SMILES string of the molecule is Fc1ccc(Cl)cc1-c1cc(-n2cnc3cnccc32)c2ccccc2n1. The maximum atomic E-state index is 14.5. The highest BCUT2D eigenvalue weighted by atomic mass is 35.5. The molecule has 0 bridgehead atoms. The molecule has 0 radical (unpaired) electrons. The quantitative estimate of drug-likeness (QED) is 0.414. The molecule has 0 unspecified atom stereocenters. The van der Waals surface area contributed by atoms with Gasteiger partial charge in [-0.2, -0.15) is 0 Å². The van der Waals surface area contributed by atoms with Gasteiger partial charge in [0.15, 0.2) is 0 Å². The van der Waals surface area contributed by atoms with E-state index in [1.54, 1.807) is 24.8 Å². The van der Waals surface area contributed by atoms with E-state index >= 15 is 0 Å². The third kappa shape index (κ3) is 2.64. The fourth-order valence-electron chi connectivity index (χ4n) is 3.24. The first-order chi connectivity index (χ1) is 13.2. The van der Waals surface area contributed by atoms with Gasteiger partial charge in [-0.3, -0.25) is 9.55 Å². The zero-order chi connectivity index (χ0) is 18.4. The van der Waals surface area contributed by atoms with Crippen LogP contribution in [-0.4, -0.2) is 19.5 Å². The van der Waals surface area contributed by atoms with Crippen molar-refractivity contribution < 1.29 is 4.39 Å². The Morgan fingerprint density at radius 3 is 2.78 bits per heavy atom. The molecule has 6 heteroatoms. The van der Waals surface area contributed by atoms with Crippen LogP contribution in [-0.2, 0) is 0 Å². The fourth-order valence-corrected chi connectivity index (χ4v) is 3.42. The summed E-state index contributed by atoms with van der Waals surface area (Å²) in [4.78, 5) is 13.2. The highest BCUT2D eigenvalue weighted by molar-refractivity contribution is 6.30. The lowest BCUT2D eigenvalue weighted by Crippen LogP contribution is -1.98. The van der Waals surface area contributed by atoms with Gasteiger partial charge in [-0.25, -0.2) is 14.4 Å². The van der Waals surface area contributed by atoms with Crippen molar-refractivity contribution in [2.75, 3.05) is 0 Å². The van der Waals surface area contributed by atoms with Crippen molar-refractivity contribution in [1.82, 2.24) is 19.5 Å². The summed E-state index contributed by atoms with van der Waals surface area (Å²) < 4.78 is 16.4. The molecule has 0 saturated heterocycles. The second-order valence-electron chi connectivity index (χ2n) is 6.15. The number of hydrogen-bond acceptors (Lipinski definition) is 3. The van der Waals surface area contributed by atoms with Crippen LogP contribution in [0.4, 0.5) is 4.39 Å². The van der Waals surface area contributed by atoms with Gasteiger partial charge in [0.25, 0.3) is 0 Å². The number of halogens is 2. The Hall–Kier alpha value is -3.31. The first-order valence-corrected chi connectivity index (χ1v) is 8.71. The molecule has 27 heavy (non-hydrogen) atoms. The number of fused-ring (bicyclic) bond motifs is 2. The molecule has 0 aliphatic rings. The minimum Gasteiger partial charge on any atom is -0.298 e. The summed E-state index contributed by atoms with van der Waals surface area (Å²) in [6.07, 6.45) is 5.18. The predicted molar refractivity (Wildman–Crippen MR) is 105 cm³/mol. The van der Waals surface area contributed by atoms with Crippen molar-refractivity contribution >= 4 is 33.5 Å². The van der Waals surface area contributed by atoms with Crippen molar-refractivity contribution in [3.05, 3.63) is 84.2 Å². The van der Waals surface area contributed by atoms with Crippen LogP contribution in [0.2, 0.25) is 5.02 Å². The van der Waals surface area contributed by atoms with Crippen LogP contribution in [0, 0.1) is 5.82 Å². The monoisotopic (exact) mass is 374 g/mol. The Morgan fingerprint density at radius 2 is 1.85 bits per heavy atom. The largest absolute Gasteiger partial charge is 0.298 e. The molecule has 5 aromatic rings. The number of pyridine rings is 2. The van der Waals surface area contributed by atoms with Crippen LogP contribution in [0.25, 0.3) is 38.9 Å². The highest BCUT2D eigenvalue weighted by Crippen LogP contribution is 2.31. The molecular formula is C21H12ClFN4. The van der Waals surface area contributed by atoms with E-state index in [1.807, 2.05) is 41.0 Å². The third-order valence-corrected chi connectivity index (χ3v) is 4.74. The van der Waals surface area contributed by atoms with Crippen molar-refractivity contribution in [1.29, 1.82) is 0 Å². The summed E-state index contributed by atoms with van der Waals surface area (Å²) in [5.74, 6) is -0.368. The summed E-state index contributed by atoms with van der Waals surface area (Å²) in [5.41, 5.74) is 4.21. The number of hydrogen-bond donors (Lipinski definition) is 0. The summed E-state index contributed by atoms with van der Waals surface area (Å²) in [6.45, 7) is 0. The van der Waals surface area contributed by atoms with E-state index < -0.39 is 0 Å². The van der Waals surface area contributed by atoms with Gasteiger partial charge in [-0.15, -0.1) is 0 Å². The minimum absolute atomic E-state index is 0.362. The molecule has 0 aliphatic heterocycles. The zero-order valence-electron chi connectivity index (χ0n) is 14.0. The smallest absolute Gasteiger partial charge is 0.132 e. The molecule has 0 aliphatic carbocycles. The molecule has 4 nitrogen and oxygen atoms in total. The number of aromatic nitrogens is 4. The maximum absolute atomic E-state index is 14.5. The van der Waals surface area contributed by atoms with Crippen LogP contribution < -0.4 is 0 Å². The molecule has 0 atom stereocenters. The Balaban J connectivity index is 1.85. The minimum atomic E-state index is -0.368. The standard InChI is InChI=1S/C21H12ClFN4/c22-13-5-6-16(23)15(9-13)18-10-21(14-3-1-2-4-17(14)26-18)27-12-25-19-11-24-8-7-20(19)27/h1-12H. The molecule has 2 aromatic carbocycles. The number of nitrogens with zero attached hydrogens (tertiary/aromatic N) is 4. The maximum Gasteiger partial charge on any atom is 0.132 e.